The van der Waals surface area contributed by atoms with E-state index in [4.69, 9.17) is 12.2 Å². The van der Waals surface area contributed by atoms with Crippen LogP contribution in [0.3, 0.4) is 0 Å². The summed E-state index contributed by atoms with van der Waals surface area (Å²) in [6.07, 6.45) is 2.94. The molecule has 1 heterocycles. The molecular formula is C14H18N2O3S2. The number of aliphatic hydroxyl groups is 1. The van der Waals surface area contributed by atoms with Crippen LogP contribution in [0.4, 0.5) is 5.69 Å². The van der Waals surface area contributed by atoms with Crippen molar-refractivity contribution in [1.29, 1.82) is 0 Å². The maximum absolute atomic E-state index is 10.6. The summed E-state index contributed by atoms with van der Waals surface area (Å²) < 4.78 is 0.829. The fourth-order valence-electron chi connectivity index (χ4n) is 2.23. The summed E-state index contributed by atoms with van der Waals surface area (Å²) >= 11 is 6.86. The van der Waals surface area contributed by atoms with Gasteiger partial charge in [-0.1, -0.05) is 24.0 Å². The average molecular weight is 326 g/mol. The minimum absolute atomic E-state index is 0.0300. The number of thioether (sulfide) groups is 1. The molecule has 5 nitrogen and oxygen atoms in total. The fourth-order valence-corrected chi connectivity index (χ4v) is 3.48. The molecule has 0 saturated carbocycles. The molecule has 1 saturated heterocycles. The summed E-state index contributed by atoms with van der Waals surface area (Å²) in [4.78, 5) is 12.3. The Labute approximate surface area is 133 Å². The Balaban J connectivity index is 1.84. The summed E-state index contributed by atoms with van der Waals surface area (Å²) in [6.45, 7) is 2.00. The highest BCUT2D eigenvalue weighted by Crippen LogP contribution is 2.23. The van der Waals surface area contributed by atoms with Crippen LogP contribution in [0.2, 0.25) is 0 Å². The fraction of sp³-hybridized carbons (Fsp3) is 0.500. The number of likely N-dealkylation sites (tertiary alicyclic amines) is 1. The molecule has 7 heteroatoms. The Morgan fingerprint density at radius 3 is 2.52 bits per heavy atom. The first-order chi connectivity index (χ1) is 10.1. The van der Waals surface area contributed by atoms with Crippen LogP contribution in [0.15, 0.2) is 24.3 Å². The Bertz CT molecular complexity index is 501. The van der Waals surface area contributed by atoms with E-state index in [2.05, 4.69) is 4.90 Å². The number of non-ortho nitro benzene ring substituents is 1. The van der Waals surface area contributed by atoms with E-state index in [9.17, 15) is 15.2 Å². The van der Waals surface area contributed by atoms with Crippen molar-refractivity contribution in [1.82, 2.24) is 4.90 Å². The van der Waals surface area contributed by atoms with Gasteiger partial charge in [0.25, 0.3) is 5.69 Å². The van der Waals surface area contributed by atoms with Gasteiger partial charge in [0, 0.05) is 31.0 Å². The second kappa shape index (κ2) is 7.72. The number of thiocarbonyl (C=S) groups is 1. The van der Waals surface area contributed by atoms with Crippen LogP contribution >= 0.6 is 24.0 Å². The van der Waals surface area contributed by atoms with Gasteiger partial charge in [-0.05, 0) is 37.0 Å². The van der Waals surface area contributed by atoms with E-state index in [1.54, 1.807) is 12.1 Å². The second-order valence-electron chi connectivity index (χ2n) is 4.99. The number of hydrogen-bond donors (Lipinski definition) is 1. The molecule has 114 valence electrons. The van der Waals surface area contributed by atoms with Gasteiger partial charge in [-0.15, -0.1) is 0 Å². The van der Waals surface area contributed by atoms with E-state index in [1.165, 1.54) is 43.2 Å². The highest BCUT2D eigenvalue weighted by molar-refractivity contribution is 8.22. The Kier molecular flexibility index (Phi) is 5.96. The Hall–Kier alpha value is -1.18. The van der Waals surface area contributed by atoms with Crippen molar-refractivity contribution in [2.75, 3.05) is 18.8 Å². The number of hydrogen-bond acceptors (Lipinski definition) is 5. The molecule has 1 aliphatic heterocycles. The largest absolute Gasteiger partial charge is 0.388 e. The van der Waals surface area contributed by atoms with Crippen LogP contribution in [-0.2, 0) is 0 Å². The summed E-state index contributed by atoms with van der Waals surface area (Å²) in [6, 6.07) is 6.00. The molecule has 1 aromatic rings. The predicted molar refractivity (Wildman–Crippen MR) is 88.5 cm³/mol. The Morgan fingerprint density at radius 1 is 1.33 bits per heavy atom. The van der Waals surface area contributed by atoms with Crippen LogP contribution in [-0.4, -0.2) is 38.1 Å². The maximum Gasteiger partial charge on any atom is 0.269 e. The smallest absolute Gasteiger partial charge is 0.269 e. The second-order valence-corrected chi connectivity index (χ2v) is 6.64. The van der Waals surface area contributed by atoms with Gasteiger partial charge in [0.15, 0.2) is 0 Å². The first-order valence-electron chi connectivity index (χ1n) is 6.92. The molecule has 1 aromatic carbocycles. The molecular weight excluding hydrogens is 308 g/mol. The number of nitro groups is 1. The number of benzene rings is 1. The molecule has 0 amide bonds. The monoisotopic (exact) mass is 326 g/mol. The maximum atomic E-state index is 10.6. The minimum atomic E-state index is -0.668. The summed E-state index contributed by atoms with van der Waals surface area (Å²) in [5.74, 6) is 0.465. The highest BCUT2D eigenvalue weighted by Gasteiger charge is 2.16. The van der Waals surface area contributed by atoms with Crippen LogP contribution in [0.1, 0.15) is 30.9 Å². The van der Waals surface area contributed by atoms with Crippen molar-refractivity contribution in [3.63, 3.8) is 0 Å². The molecule has 1 atom stereocenters. The third kappa shape index (κ3) is 4.66. The third-order valence-electron chi connectivity index (χ3n) is 3.47. The molecule has 21 heavy (non-hydrogen) atoms. The van der Waals surface area contributed by atoms with Gasteiger partial charge in [0.05, 0.1) is 11.0 Å². The van der Waals surface area contributed by atoms with Gasteiger partial charge in [0.1, 0.15) is 4.32 Å². The van der Waals surface area contributed by atoms with Crippen molar-refractivity contribution >= 4 is 34.0 Å². The summed E-state index contributed by atoms with van der Waals surface area (Å²) in [5, 5.41) is 20.7. The van der Waals surface area contributed by atoms with Gasteiger partial charge in [-0.25, -0.2) is 0 Å². The zero-order chi connectivity index (χ0) is 15.2. The van der Waals surface area contributed by atoms with Crippen LogP contribution < -0.4 is 0 Å². The van der Waals surface area contributed by atoms with Crippen molar-refractivity contribution in [2.45, 2.75) is 25.4 Å². The predicted octanol–water partition coefficient (Wildman–Crippen LogP) is 3.13. The third-order valence-corrected chi connectivity index (χ3v) is 5.07. The summed E-state index contributed by atoms with van der Waals surface area (Å²) in [7, 11) is 0. The topological polar surface area (TPSA) is 66.6 Å². The molecule has 0 aliphatic carbocycles. The quantitative estimate of drug-likeness (QED) is 0.521. The molecule has 0 bridgehead atoms. The van der Waals surface area contributed by atoms with E-state index in [1.807, 2.05) is 0 Å². The zero-order valence-electron chi connectivity index (χ0n) is 11.6. The number of nitrogens with zero attached hydrogens (tertiary/aromatic N) is 2. The van der Waals surface area contributed by atoms with Gasteiger partial charge in [-0.3, -0.25) is 10.1 Å². The molecule has 0 aromatic heterocycles. The summed E-state index contributed by atoms with van der Waals surface area (Å²) in [5.41, 5.74) is 0.706. The van der Waals surface area contributed by atoms with Gasteiger partial charge < -0.3 is 10.0 Å². The van der Waals surface area contributed by atoms with Crippen LogP contribution in [0.5, 0.6) is 0 Å². The van der Waals surface area contributed by atoms with Crippen molar-refractivity contribution in [3.05, 3.63) is 39.9 Å². The molecule has 0 spiro atoms. The van der Waals surface area contributed by atoms with Crippen LogP contribution in [0.25, 0.3) is 0 Å². The minimum Gasteiger partial charge on any atom is -0.388 e. The Morgan fingerprint density at radius 2 is 1.95 bits per heavy atom. The van der Waals surface area contributed by atoms with Crippen molar-refractivity contribution < 1.29 is 10.0 Å². The molecule has 1 N–H and O–H groups in total. The number of nitro benzene ring substituents is 1. The van der Waals surface area contributed by atoms with Gasteiger partial charge in [-0.2, -0.15) is 0 Å². The molecule has 2 rings (SSSR count). The number of aliphatic hydroxyl groups excluding tert-OH is 1. The van der Waals surface area contributed by atoms with E-state index in [-0.39, 0.29) is 5.69 Å². The SMILES string of the molecule is O=[N+]([O-])c1ccc([C@@H](O)CSC(=S)N2CCCCC2)cc1. The first kappa shape index (κ1) is 16.2. The highest BCUT2D eigenvalue weighted by atomic mass is 32.2. The lowest BCUT2D eigenvalue weighted by molar-refractivity contribution is -0.384. The normalized spacial score (nSPS) is 16.5. The molecule has 1 aliphatic rings. The number of rotatable bonds is 4. The zero-order valence-corrected chi connectivity index (χ0v) is 13.2. The van der Waals surface area contributed by atoms with E-state index in [0.29, 0.717) is 11.3 Å². The lowest BCUT2D eigenvalue weighted by atomic mass is 10.1. The first-order valence-corrected chi connectivity index (χ1v) is 8.31. The lowest BCUT2D eigenvalue weighted by Gasteiger charge is -2.28. The average Bonchev–Trinajstić information content (AvgIpc) is 2.53. The van der Waals surface area contributed by atoms with E-state index >= 15 is 0 Å². The number of piperidine rings is 1. The standard InChI is InChI=1S/C14H18N2O3S2/c17-13(11-4-6-12(7-5-11)16(18)19)10-21-14(20)15-8-2-1-3-9-15/h4-7,13,17H,1-3,8-10H2/t13-/m0/s1. The van der Waals surface area contributed by atoms with E-state index < -0.39 is 11.0 Å². The van der Waals surface area contributed by atoms with Crippen molar-refractivity contribution in [3.8, 4) is 0 Å². The lowest BCUT2D eigenvalue weighted by Crippen LogP contribution is -2.33. The molecule has 0 unspecified atom stereocenters. The molecule has 0 radical (unpaired) electrons. The van der Waals surface area contributed by atoms with Gasteiger partial charge >= 0.3 is 0 Å². The van der Waals surface area contributed by atoms with E-state index in [0.717, 1.165) is 17.4 Å². The van der Waals surface area contributed by atoms with Crippen molar-refractivity contribution in [2.24, 2.45) is 0 Å². The van der Waals surface area contributed by atoms with Crippen LogP contribution in [0, 0.1) is 10.1 Å². The van der Waals surface area contributed by atoms with Gasteiger partial charge in [0.2, 0.25) is 0 Å². The molecule has 1 fully saturated rings.